The molecule has 0 unspecified atom stereocenters. The van der Waals surface area contributed by atoms with Gasteiger partial charge < -0.3 is 15.8 Å². The summed E-state index contributed by atoms with van der Waals surface area (Å²) in [6, 6.07) is -0.344. The second-order valence-corrected chi connectivity index (χ2v) is 4.86. The largest absolute Gasteiger partial charge is 0.385 e. The van der Waals surface area contributed by atoms with E-state index in [0.717, 1.165) is 32.4 Å². The van der Waals surface area contributed by atoms with Crippen LogP contribution in [0.25, 0.3) is 0 Å². The Morgan fingerprint density at radius 3 is 2.75 bits per heavy atom. The first kappa shape index (κ1) is 13.5. The molecule has 0 bridgehead atoms. The van der Waals surface area contributed by atoms with Crippen LogP contribution in [0, 0.1) is 5.41 Å². The highest BCUT2D eigenvalue weighted by Crippen LogP contribution is 2.48. The predicted octanol–water partition coefficient (Wildman–Crippen LogP) is 1.05. The second-order valence-electron chi connectivity index (χ2n) is 4.86. The summed E-state index contributed by atoms with van der Waals surface area (Å²) in [5.41, 5.74) is 6.04. The smallest absolute Gasteiger partial charge is 0.236 e. The van der Waals surface area contributed by atoms with E-state index in [1.165, 1.54) is 12.8 Å². The summed E-state index contributed by atoms with van der Waals surface area (Å²) in [6.45, 7) is 3.57. The summed E-state index contributed by atoms with van der Waals surface area (Å²) >= 11 is 0. The number of carbonyl (C=O) groups is 1. The first-order valence-corrected chi connectivity index (χ1v) is 6.16. The summed E-state index contributed by atoms with van der Waals surface area (Å²) in [7, 11) is 1.71. The van der Waals surface area contributed by atoms with Crippen molar-refractivity contribution in [2.24, 2.45) is 11.1 Å². The van der Waals surface area contributed by atoms with Gasteiger partial charge in [-0.15, -0.1) is 0 Å². The highest BCUT2D eigenvalue weighted by Gasteiger charge is 2.42. The number of amides is 1. The molecule has 0 aromatic carbocycles. The van der Waals surface area contributed by atoms with Gasteiger partial charge in [0.1, 0.15) is 0 Å². The van der Waals surface area contributed by atoms with Gasteiger partial charge in [-0.05, 0) is 31.1 Å². The summed E-state index contributed by atoms with van der Waals surface area (Å²) in [4.78, 5) is 11.6. The Morgan fingerprint density at radius 1 is 1.56 bits per heavy atom. The van der Waals surface area contributed by atoms with E-state index < -0.39 is 0 Å². The van der Waals surface area contributed by atoms with Crippen LogP contribution in [-0.2, 0) is 9.53 Å². The molecule has 1 atom stereocenters. The summed E-state index contributed by atoms with van der Waals surface area (Å²) in [5.74, 6) is -0.00876. The van der Waals surface area contributed by atoms with Gasteiger partial charge in [-0.1, -0.05) is 13.3 Å². The monoisotopic (exact) mass is 228 g/mol. The molecule has 4 nitrogen and oxygen atoms in total. The molecule has 1 saturated carbocycles. The molecule has 4 heteroatoms. The average Bonchev–Trinajstić information content (AvgIpc) is 3.04. The van der Waals surface area contributed by atoms with E-state index in [2.05, 4.69) is 5.32 Å². The molecule has 16 heavy (non-hydrogen) atoms. The molecule has 94 valence electrons. The lowest BCUT2D eigenvalue weighted by Crippen LogP contribution is -2.42. The zero-order valence-electron chi connectivity index (χ0n) is 10.4. The van der Waals surface area contributed by atoms with Crippen LogP contribution >= 0.6 is 0 Å². The first-order valence-electron chi connectivity index (χ1n) is 6.16. The minimum absolute atomic E-state index is 0.00876. The lowest BCUT2D eigenvalue weighted by Gasteiger charge is -2.17. The Balaban J connectivity index is 2.21. The van der Waals surface area contributed by atoms with Crippen molar-refractivity contribution in [1.29, 1.82) is 0 Å². The zero-order valence-corrected chi connectivity index (χ0v) is 10.4. The van der Waals surface area contributed by atoms with Crippen LogP contribution in [0.1, 0.15) is 39.0 Å². The van der Waals surface area contributed by atoms with E-state index in [9.17, 15) is 4.79 Å². The fraction of sp³-hybridized carbons (Fsp3) is 0.917. The van der Waals surface area contributed by atoms with Gasteiger partial charge in [0.2, 0.25) is 5.91 Å². The molecular weight excluding hydrogens is 204 g/mol. The molecule has 1 amide bonds. The van der Waals surface area contributed by atoms with Crippen LogP contribution in [0.3, 0.4) is 0 Å². The fourth-order valence-electron chi connectivity index (χ4n) is 1.86. The van der Waals surface area contributed by atoms with Gasteiger partial charge in [-0.3, -0.25) is 4.79 Å². The van der Waals surface area contributed by atoms with E-state index >= 15 is 0 Å². The van der Waals surface area contributed by atoms with E-state index in [4.69, 9.17) is 10.5 Å². The highest BCUT2D eigenvalue weighted by atomic mass is 16.5. The van der Waals surface area contributed by atoms with Crippen molar-refractivity contribution in [2.45, 2.75) is 45.1 Å². The van der Waals surface area contributed by atoms with Crippen molar-refractivity contribution in [3.63, 3.8) is 0 Å². The molecule has 1 fully saturated rings. The molecule has 0 saturated heterocycles. The molecule has 1 aliphatic rings. The summed E-state index contributed by atoms with van der Waals surface area (Å²) in [5, 5.41) is 2.96. The molecule has 1 rings (SSSR count). The number of carbonyl (C=O) groups excluding carboxylic acids is 1. The molecule has 0 spiro atoms. The number of hydrogen-bond donors (Lipinski definition) is 2. The topological polar surface area (TPSA) is 64.4 Å². The van der Waals surface area contributed by atoms with Crippen molar-refractivity contribution in [3.8, 4) is 0 Å². The number of nitrogens with two attached hydrogens (primary N) is 1. The molecule has 3 N–H and O–H groups in total. The van der Waals surface area contributed by atoms with Gasteiger partial charge >= 0.3 is 0 Å². The zero-order chi connectivity index (χ0) is 12.0. The Labute approximate surface area is 97.9 Å². The number of hydrogen-bond acceptors (Lipinski definition) is 3. The lowest BCUT2D eigenvalue weighted by molar-refractivity contribution is -0.122. The Bertz CT molecular complexity index is 227. The van der Waals surface area contributed by atoms with Crippen molar-refractivity contribution >= 4 is 5.91 Å². The van der Waals surface area contributed by atoms with Crippen LogP contribution in [0.4, 0.5) is 0 Å². The number of rotatable bonds is 8. The third-order valence-corrected chi connectivity index (χ3v) is 3.37. The minimum atomic E-state index is -0.344. The summed E-state index contributed by atoms with van der Waals surface area (Å²) in [6.07, 6.45) is 5.13. The molecule has 0 aliphatic heterocycles. The van der Waals surface area contributed by atoms with Crippen molar-refractivity contribution in [3.05, 3.63) is 0 Å². The van der Waals surface area contributed by atoms with E-state index in [1.807, 2.05) is 6.92 Å². The van der Waals surface area contributed by atoms with E-state index in [1.54, 1.807) is 7.11 Å². The maximum Gasteiger partial charge on any atom is 0.236 e. The lowest BCUT2D eigenvalue weighted by atomic mass is 10.0. The number of ether oxygens (including phenoxy) is 1. The van der Waals surface area contributed by atoms with Gasteiger partial charge in [-0.2, -0.15) is 0 Å². The Morgan fingerprint density at radius 2 is 2.25 bits per heavy atom. The Kier molecular flexibility index (Phi) is 5.22. The summed E-state index contributed by atoms with van der Waals surface area (Å²) < 4.78 is 5.07. The molecule has 0 aromatic rings. The maximum absolute atomic E-state index is 11.6. The fourth-order valence-corrected chi connectivity index (χ4v) is 1.86. The van der Waals surface area contributed by atoms with Crippen molar-refractivity contribution in [1.82, 2.24) is 5.32 Å². The predicted molar refractivity (Wildman–Crippen MR) is 64.1 cm³/mol. The van der Waals surface area contributed by atoms with Gasteiger partial charge in [-0.25, -0.2) is 0 Å². The highest BCUT2D eigenvalue weighted by molar-refractivity contribution is 5.81. The molecule has 1 aliphatic carbocycles. The van der Waals surface area contributed by atoms with Crippen LogP contribution in [0.15, 0.2) is 0 Å². The van der Waals surface area contributed by atoms with Gasteiger partial charge in [0.15, 0.2) is 0 Å². The van der Waals surface area contributed by atoms with Crippen LogP contribution in [0.5, 0.6) is 0 Å². The number of methoxy groups -OCH3 is 1. The number of nitrogens with one attached hydrogen (secondary N) is 1. The molecule has 0 heterocycles. The van der Waals surface area contributed by atoms with Gasteiger partial charge in [0.25, 0.3) is 0 Å². The minimum Gasteiger partial charge on any atom is -0.385 e. The van der Waals surface area contributed by atoms with Gasteiger partial charge in [0, 0.05) is 20.3 Å². The normalized spacial score (nSPS) is 19.2. The second kappa shape index (κ2) is 6.21. The van der Waals surface area contributed by atoms with Crippen LogP contribution < -0.4 is 11.1 Å². The molecule has 0 radical (unpaired) electrons. The molecule has 0 aromatic heterocycles. The quantitative estimate of drug-likeness (QED) is 0.652. The molecular formula is C12H24N2O2. The van der Waals surface area contributed by atoms with Crippen LogP contribution in [0.2, 0.25) is 0 Å². The van der Waals surface area contributed by atoms with Crippen molar-refractivity contribution in [2.75, 3.05) is 20.3 Å². The van der Waals surface area contributed by atoms with E-state index in [-0.39, 0.29) is 11.9 Å². The SMILES string of the molecule is CCC[C@@H](N)C(=O)NCC1(CCOC)CC1. The Hall–Kier alpha value is -0.610. The third-order valence-electron chi connectivity index (χ3n) is 3.37. The third kappa shape index (κ3) is 4.10. The van der Waals surface area contributed by atoms with Gasteiger partial charge in [0.05, 0.1) is 6.04 Å². The standard InChI is InChI=1S/C12H24N2O2/c1-3-4-10(13)11(15)14-9-12(5-6-12)7-8-16-2/h10H,3-9,13H2,1-2H3,(H,14,15)/t10-/m1/s1. The first-order chi connectivity index (χ1) is 7.63. The van der Waals surface area contributed by atoms with E-state index in [0.29, 0.717) is 5.41 Å². The van der Waals surface area contributed by atoms with Crippen LogP contribution in [-0.4, -0.2) is 32.2 Å². The van der Waals surface area contributed by atoms with Crippen molar-refractivity contribution < 1.29 is 9.53 Å². The maximum atomic E-state index is 11.6. The average molecular weight is 228 g/mol.